The summed E-state index contributed by atoms with van der Waals surface area (Å²) in [7, 11) is 1.82. The number of hydrogen-bond acceptors (Lipinski definition) is 3. The van der Waals surface area contributed by atoms with E-state index in [-0.39, 0.29) is 5.56 Å². The fraction of sp³-hybridized carbons (Fsp3) is 0.286. The number of amides is 1. The molecule has 1 amide bonds. The van der Waals surface area contributed by atoms with Crippen LogP contribution in [0.5, 0.6) is 0 Å². The molecule has 1 aromatic carbocycles. The summed E-state index contributed by atoms with van der Waals surface area (Å²) in [5, 5.41) is 6.97. The zero-order chi connectivity index (χ0) is 14.7. The number of halogens is 1. The Morgan fingerprint density at radius 1 is 1.50 bits per heavy atom. The highest BCUT2D eigenvalue weighted by molar-refractivity contribution is 5.94. The number of hydrogen-bond donors (Lipinski definition) is 2. The van der Waals surface area contributed by atoms with Crippen molar-refractivity contribution in [2.45, 2.75) is 19.9 Å². The molecule has 0 aliphatic rings. The fourth-order valence-corrected chi connectivity index (χ4v) is 2.02. The molecule has 0 fully saturated rings. The molecule has 6 heteroatoms. The molecular weight excluding hydrogens is 259 g/mol. The summed E-state index contributed by atoms with van der Waals surface area (Å²) in [5.41, 5.74) is 7.58. The van der Waals surface area contributed by atoms with Gasteiger partial charge in [-0.15, -0.1) is 0 Å². The Morgan fingerprint density at radius 2 is 2.25 bits per heavy atom. The topological polar surface area (TPSA) is 72.9 Å². The molecule has 3 N–H and O–H groups in total. The highest BCUT2D eigenvalue weighted by Crippen LogP contribution is 2.12. The zero-order valence-electron chi connectivity index (χ0n) is 11.5. The first-order valence-corrected chi connectivity index (χ1v) is 6.36. The van der Waals surface area contributed by atoms with Gasteiger partial charge in [-0.25, -0.2) is 4.39 Å². The van der Waals surface area contributed by atoms with E-state index in [1.54, 1.807) is 4.68 Å². The Kier molecular flexibility index (Phi) is 4.02. The standard InChI is InChI=1S/C14H17FN4O/c1-3-13-9(8-19(2)18-13)7-17-14(20)11-5-4-10(16)6-12(11)15/h4-6,8H,3,7,16H2,1-2H3,(H,17,20). The second-order valence-electron chi connectivity index (χ2n) is 4.55. The predicted octanol–water partition coefficient (Wildman–Crippen LogP) is 1.63. The van der Waals surface area contributed by atoms with E-state index in [1.165, 1.54) is 12.1 Å². The summed E-state index contributed by atoms with van der Waals surface area (Å²) in [4.78, 5) is 11.9. The van der Waals surface area contributed by atoms with E-state index in [0.717, 1.165) is 23.7 Å². The van der Waals surface area contributed by atoms with E-state index in [2.05, 4.69) is 10.4 Å². The lowest BCUT2D eigenvalue weighted by molar-refractivity contribution is 0.0947. The third kappa shape index (κ3) is 2.96. The molecule has 5 nitrogen and oxygen atoms in total. The van der Waals surface area contributed by atoms with Crippen LogP contribution in [0, 0.1) is 5.82 Å². The molecule has 0 unspecified atom stereocenters. The smallest absolute Gasteiger partial charge is 0.254 e. The number of nitrogens with zero attached hydrogens (tertiary/aromatic N) is 2. The average molecular weight is 276 g/mol. The van der Waals surface area contributed by atoms with Gasteiger partial charge in [0.1, 0.15) is 5.82 Å². The van der Waals surface area contributed by atoms with Crippen molar-refractivity contribution in [3.63, 3.8) is 0 Å². The Hall–Kier alpha value is -2.37. The Labute approximate surface area is 116 Å². The first-order valence-electron chi connectivity index (χ1n) is 6.36. The Balaban J connectivity index is 2.08. The number of anilines is 1. The van der Waals surface area contributed by atoms with Crippen LogP contribution >= 0.6 is 0 Å². The molecule has 0 spiro atoms. The van der Waals surface area contributed by atoms with Crippen LogP contribution in [0.1, 0.15) is 28.5 Å². The van der Waals surface area contributed by atoms with E-state index < -0.39 is 11.7 Å². The summed E-state index contributed by atoms with van der Waals surface area (Å²) in [6, 6.07) is 4.01. The molecule has 0 aliphatic heterocycles. The minimum absolute atomic E-state index is 0.0128. The maximum absolute atomic E-state index is 13.6. The van der Waals surface area contributed by atoms with Gasteiger partial charge >= 0.3 is 0 Å². The number of aryl methyl sites for hydroxylation is 2. The van der Waals surface area contributed by atoms with Crippen LogP contribution in [0.2, 0.25) is 0 Å². The molecule has 1 aromatic heterocycles. The maximum Gasteiger partial charge on any atom is 0.254 e. The van der Waals surface area contributed by atoms with Crippen LogP contribution < -0.4 is 11.1 Å². The highest BCUT2D eigenvalue weighted by atomic mass is 19.1. The molecule has 106 valence electrons. The minimum Gasteiger partial charge on any atom is -0.399 e. The number of nitrogen functional groups attached to an aromatic ring is 1. The summed E-state index contributed by atoms with van der Waals surface area (Å²) in [6.07, 6.45) is 2.63. The van der Waals surface area contributed by atoms with Crippen LogP contribution in [0.3, 0.4) is 0 Å². The number of carbonyl (C=O) groups is 1. The van der Waals surface area contributed by atoms with Gasteiger partial charge in [0.15, 0.2) is 0 Å². The first-order chi connectivity index (χ1) is 9.51. The molecule has 2 rings (SSSR count). The van der Waals surface area contributed by atoms with Gasteiger partial charge in [0.2, 0.25) is 0 Å². The Morgan fingerprint density at radius 3 is 2.90 bits per heavy atom. The third-order valence-electron chi connectivity index (χ3n) is 3.00. The lowest BCUT2D eigenvalue weighted by Crippen LogP contribution is -2.24. The van der Waals surface area contributed by atoms with E-state index in [4.69, 9.17) is 5.73 Å². The third-order valence-corrected chi connectivity index (χ3v) is 3.00. The van der Waals surface area contributed by atoms with E-state index in [1.807, 2.05) is 20.2 Å². The predicted molar refractivity (Wildman–Crippen MR) is 74.6 cm³/mol. The highest BCUT2D eigenvalue weighted by Gasteiger charge is 2.13. The number of benzene rings is 1. The van der Waals surface area contributed by atoms with Crippen LogP contribution in [0.15, 0.2) is 24.4 Å². The van der Waals surface area contributed by atoms with Crippen molar-refractivity contribution in [3.8, 4) is 0 Å². The first kappa shape index (κ1) is 14.0. The lowest BCUT2D eigenvalue weighted by Gasteiger charge is -2.06. The molecule has 0 aliphatic carbocycles. The number of rotatable bonds is 4. The van der Waals surface area contributed by atoms with Gasteiger partial charge < -0.3 is 11.1 Å². The number of nitrogens with one attached hydrogen (secondary N) is 1. The van der Waals surface area contributed by atoms with Crippen molar-refractivity contribution in [3.05, 3.63) is 47.0 Å². The average Bonchev–Trinajstić information content (AvgIpc) is 2.76. The second-order valence-corrected chi connectivity index (χ2v) is 4.55. The molecule has 1 heterocycles. The van der Waals surface area contributed by atoms with E-state index in [0.29, 0.717) is 12.2 Å². The molecule has 0 atom stereocenters. The van der Waals surface area contributed by atoms with Crippen molar-refractivity contribution < 1.29 is 9.18 Å². The second kappa shape index (κ2) is 5.73. The maximum atomic E-state index is 13.6. The van der Waals surface area contributed by atoms with Crippen molar-refractivity contribution in [1.82, 2.24) is 15.1 Å². The van der Waals surface area contributed by atoms with Crippen molar-refractivity contribution >= 4 is 11.6 Å². The largest absolute Gasteiger partial charge is 0.399 e. The summed E-state index contributed by atoms with van der Waals surface area (Å²) < 4.78 is 15.3. The fourth-order valence-electron chi connectivity index (χ4n) is 2.02. The monoisotopic (exact) mass is 276 g/mol. The van der Waals surface area contributed by atoms with Crippen molar-refractivity contribution in [2.75, 3.05) is 5.73 Å². The quantitative estimate of drug-likeness (QED) is 0.834. The Bertz CT molecular complexity index is 636. The number of aromatic nitrogens is 2. The number of nitrogens with two attached hydrogens (primary N) is 1. The van der Waals surface area contributed by atoms with Gasteiger partial charge in [0.25, 0.3) is 5.91 Å². The van der Waals surface area contributed by atoms with Gasteiger partial charge in [-0.3, -0.25) is 9.48 Å². The van der Waals surface area contributed by atoms with Gasteiger partial charge in [-0.1, -0.05) is 6.92 Å². The molecule has 2 aromatic rings. The van der Waals surface area contributed by atoms with Gasteiger partial charge in [-0.05, 0) is 24.6 Å². The lowest BCUT2D eigenvalue weighted by atomic mass is 10.1. The van der Waals surface area contributed by atoms with E-state index >= 15 is 0 Å². The molecule has 20 heavy (non-hydrogen) atoms. The van der Waals surface area contributed by atoms with Crippen LogP contribution in [0.4, 0.5) is 10.1 Å². The number of carbonyl (C=O) groups excluding carboxylic acids is 1. The SMILES string of the molecule is CCc1nn(C)cc1CNC(=O)c1ccc(N)cc1F. The van der Waals surface area contributed by atoms with Gasteiger partial charge in [-0.2, -0.15) is 5.10 Å². The van der Waals surface area contributed by atoms with E-state index in [9.17, 15) is 9.18 Å². The van der Waals surface area contributed by atoms with Crippen LogP contribution in [-0.4, -0.2) is 15.7 Å². The van der Waals surface area contributed by atoms with Crippen LogP contribution in [-0.2, 0) is 20.0 Å². The molecule has 0 saturated heterocycles. The summed E-state index contributed by atoms with van der Waals surface area (Å²) in [6.45, 7) is 2.31. The molecule has 0 radical (unpaired) electrons. The summed E-state index contributed by atoms with van der Waals surface area (Å²) >= 11 is 0. The summed E-state index contributed by atoms with van der Waals surface area (Å²) in [5.74, 6) is -1.09. The normalized spacial score (nSPS) is 10.6. The van der Waals surface area contributed by atoms with Crippen LogP contribution in [0.25, 0.3) is 0 Å². The molecule has 0 saturated carbocycles. The molecule has 0 bridgehead atoms. The van der Waals surface area contributed by atoms with Gasteiger partial charge in [0.05, 0.1) is 11.3 Å². The molecular formula is C14H17FN4O. The van der Waals surface area contributed by atoms with Crippen molar-refractivity contribution in [2.24, 2.45) is 7.05 Å². The van der Waals surface area contributed by atoms with Gasteiger partial charge in [0, 0.05) is 31.0 Å². The minimum atomic E-state index is -0.621. The zero-order valence-corrected chi connectivity index (χ0v) is 11.5. The van der Waals surface area contributed by atoms with Crippen molar-refractivity contribution in [1.29, 1.82) is 0 Å².